The molecule has 0 saturated carbocycles. The number of nitrogens with zero attached hydrogens (tertiary/aromatic N) is 3. The van der Waals surface area contributed by atoms with Gasteiger partial charge in [-0.15, -0.1) is 0 Å². The van der Waals surface area contributed by atoms with Gasteiger partial charge in [0.2, 0.25) is 0 Å². The van der Waals surface area contributed by atoms with Gasteiger partial charge in [0, 0.05) is 6.20 Å². The lowest BCUT2D eigenvalue weighted by molar-refractivity contribution is 1.32. The summed E-state index contributed by atoms with van der Waals surface area (Å²) in [4.78, 5) is 3.87. The minimum atomic E-state index is -0.104. The summed E-state index contributed by atoms with van der Waals surface area (Å²) in [6, 6.07) is 5.17. The van der Waals surface area contributed by atoms with Crippen LogP contribution in [0.3, 0.4) is 0 Å². The zero-order chi connectivity index (χ0) is 16.4. The fraction of sp³-hybridized carbons (Fsp3) is 0. The second kappa shape index (κ2) is 6.79. The minimum Gasteiger partial charge on any atom is -0.351 e. The van der Waals surface area contributed by atoms with Crippen LogP contribution in [0.1, 0.15) is 11.1 Å². The van der Waals surface area contributed by atoms with E-state index < -0.39 is 0 Å². The Morgan fingerprint density at radius 2 is 1.55 bits per heavy atom. The summed E-state index contributed by atoms with van der Waals surface area (Å²) in [5.74, 6) is 0. The van der Waals surface area contributed by atoms with Crippen LogP contribution in [0.2, 0.25) is 25.2 Å². The second-order valence-corrected chi connectivity index (χ2v) is 5.84. The Morgan fingerprint density at radius 1 is 0.909 bits per heavy atom. The molecule has 22 heavy (non-hydrogen) atoms. The summed E-state index contributed by atoms with van der Waals surface area (Å²) in [7, 11) is 0. The maximum absolute atomic E-state index is 9.28. The molecule has 1 heterocycles. The Labute approximate surface area is 150 Å². The molecule has 1 aromatic carbocycles. The van der Waals surface area contributed by atoms with Crippen molar-refractivity contribution in [3.05, 3.63) is 48.6 Å². The van der Waals surface area contributed by atoms with E-state index in [0.717, 1.165) is 0 Å². The van der Waals surface area contributed by atoms with Gasteiger partial charge in [0.05, 0.1) is 42.6 Å². The molecular weight excluding hydrogens is 389 g/mol. The molecule has 2 rings (SSSR count). The molecule has 1 N–H and O–H groups in total. The molecule has 0 radical (unpaired) electrons. The molecule has 0 spiro atoms. The van der Waals surface area contributed by atoms with Crippen LogP contribution < -0.4 is 5.32 Å². The van der Waals surface area contributed by atoms with Crippen LogP contribution in [-0.4, -0.2) is 4.98 Å². The molecule has 0 aliphatic carbocycles. The Hall–Kier alpha value is -1.40. The average Bonchev–Trinajstić information content (AvgIpc) is 2.49. The quantitative estimate of drug-likeness (QED) is 0.515. The molecule has 1 aromatic heterocycles. The van der Waals surface area contributed by atoms with Gasteiger partial charge in [-0.3, -0.25) is 0 Å². The number of nitriles is 2. The van der Waals surface area contributed by atoms with Crippen LogP contribution in [0.5, 0.6) is 0 Å². The van der Waals surface area contributed by atoms with Gasteiger partial charge in [-0.2, -0.15) is 10.5 Å². The number of rotatable bonds is 2. The van der Waals surface area contributed by atoms with Crippen molar-refractivity contribution in [3.63, 3.8) is 0 Å². The number of aromatic nitrogens is 1. The van der Waals surface area contributed by atoms with Crippen LogP contribution in [-0.2, 0) is 0 Å². The van der Waals surface area contributed by atoms with Crippen molar-refractivity contribution >= 4 is 69.4 Å². The highest BCUT2D eigenvalue weighted by Crippen LogP contribution is 2.43. The highest BCUT2D eigenvalue weighted by Gasteiger charge is 2.22. The third-order valence-electron chi connectivity index (χ3n) is 2.61. The van der Waals surface area contributed by atoms with Gasteiger partial charge in [-0.05, 0) is 6.07 Å². The standard InChI is InChI=1S/C13H3Cl5N4/c14-5-1-8(13(18)21-4-5)22-12-7(3-20)9(15)6(2-19)10(16)11(12)17/h1,4,22H. The molecule has 2 aromatic rings. The molecule has 0 unspecified atom stereocenters. The normalized spacial score (nSPS) is 9.95. The van der Waals surface area contributed by atoms with Crippen molar-refractivity contribution < 1.29 is 0 Å². The topological polar surface area (TPSA) is 72.5 Å². The van der Waals surface area contributed by atoms with Crippen LogP contribution >= 0.6 is 58.0 Å². The first kappa shape index (κ1) is 17.0. The predicted octanol–water partition coefficient (Wildman–Crippen LogP) is 5.84. The van der Waals surface area contributed by atoms with Crippen molar-refractivity contribution in [1.29, 1.82) is 10.5 Å². The highest BCUT2D eigenvalue weighted by atomic mass is 35.5. The molecule has 110 valence electrons. The molecule has 0 bridgehead atoms. The molecule has 0 atom stereocenters. The van der Waals surface area contributed by atoms with Gasteiger partial charge in [0.1, 0.15) is 12.1 Å². The van der Waals surface area contributed by atoms with E-state index >= 15 is 0 Å². The first-order valence-electron chi connectivity index (χ1n) is 5.49. The summed E-state index contributed by atoms with van der Waals surface area (Å²) in [6.07, 6.45) is 1.36. The summed E-state index contributed by atoms with van der Waals surface area (Å²) >= 11 is 30.0. The molecule has 9 heteroatoms. The Morgan fingerprint density at radius 3 is 2.14 bits per heavy atom. The zero-order valence-corrected chi connectivity index (χ0v) is 14.2. The number of benzene rings is 1. The summed E-state index contributed by atoms with van der Waals surface area (Å²) in [6.45, 7) is 0. The van der Waals surface area contributed by atoms with Gasteiger partial charge in [-0.1, -0.05) is 58.0 Å². The van der Waals surface area contributed by atoms with E-state index in [1.54, 1.807) is 6.07 Å². The van der Waals surface area contributed by atoms with Gasteiger partial charge < -0.3 is 5.32 Å². The molecule has 0 aliphatic rings. The fourth-order valence-corrected chi connectivity index (χ4v) is 2.72. The smallest absolute Gasteiger partial charge is 0.152 e. The first-order chi connectivity index (χ1) is 10.4. The third-order valence-corrected chi connectivity index (χ3v) is 4.35. The number of halogens is 5. The van der Waals surface area contributed by atoms with Crippen LogP contribution in [0, 0.1) is 22.7 Å². The monoisotopic (exact) mass is 390 g/mol. The van der Waals surface area contributed by atoms with E-state index in [1.165, 1.54) is 12.3 Å². The first-order valence-corrected chi connectivity index (χ1v) is 7.38. The molecule has 0 saturated heterocycles. The lowest BCUT2D eigenvalue weighted by Crippen LogP contribution is -2.00. The largest absolute Gasteiger partial charge is 0.351 e. The number of hydrogen-bond donors (Lipinski definition) is 1. The molecular formula is C13H3Cl5N4. The van der Waals surface area contributed by atoms with Gasteiger partial charge in [0.25, 0.3) is 0 Å². The van der Waals surface area contributed by atoms with Crippen LogP contribution in [0.4, 0.5) is 11.4 Å². The molecule has 0 aliphatic heterocycles. The second-order valence-electron chi connectivity index (χ2n) is 3.91. The molecule has 0 amide bonds. The Bertz CT molecular complexity index is 851. The van der Waals surface area contributed by atoms with Gasteiger partial charge >= 0.3 is 0 Å². The third kappa shape index (κ3) is 3.03. The number of nitrogens with one attached hydrogen (secondary N) is 1. The molecule has 4 nitrogen and oxygen atoms in total. The van der Waals surface area contributed by atoms with Crippen molar-refractivity contribution in [3.8, 4) is 12.1 Å². The number of hydrogen-bond acceptors (Lipinski definition) is 4. The zero-order valence-electron chi connectivity index (χ0n) is 10.4. The van der Waals surface area contributed by atoms with Crippen molar-refractivity contribution in [1.82, 2.24) is 4.98 Å². The van der Waals surface area contributed by atoms with Crippen molar-refractivity contribution in [2.45, 2.75) is 0 Å². The highest BCUT2D eigenvalue weighted by molar-refractivity contribution is 6.47. The lowest BCUT2D eigenvalue weighted by Gasteiger charge is -2.14. The van der Waals surface area contributed by atoms with Crippen molar-refractivity contribution in [2.24, 2.45) is 0 Å². The predicted molar refractivity (Wildman–Crippen MR) is 88.4 cm³/mol. The summed E-state index contributed by atoms with van der Waals surface area (Å²) in [5, 5.41) is 21.4. The fourth-order valence-electron chi connectivity index (χ4n) is 1.63. The molecule has 0 fully saturated rings. The average molecular weight is 392 g/mol. The maximum atomic E-state index is 9.28. The van der Waals surface area contributed by atoms with Crippen LogP contribution in [0.25, 0.3) is 0 Å². The van der Waals surface area contributed by atoms with E-state index in [1.807, 2.05) is 6.07 Å². The number of pyridine rings is 1. The van der Waals surface area contributed by atoms with Gasteiger partial charge in [-0.25, -0.2) is 4.98 Å². The van der Waals surface area contributed by atoms with E-state index in [2.05, 4.69) is 10.3 Å². The summed E-state index contributed by atoms with van der Waals surface area (Å²) < 4.78 is 0. The number of anilines is 2. The van der Waals surface area contributed by atoms with E-state index in [-0.39, 0.29) is 37.0 Å². The Kier molecular flexibility index (Phi) is 5.24. The maximum Gasteiger partial charge on any atom is 0.152 e. The lowest BCUT2D eigenvalue weighted by atomic mass is 10.1. The summed E-state index contributed by atoms with van der Waals surface area (Å²) in [5.41, 5.74) is 0.308. The van der Waals surface area contributed by atoms with E-state index in [4.69, 9.17) is 63.3 Å². The minimum absolute atomic E-state index is 0.0322. The van der Waals surface area contributed by atoms with E-state index in [9.17, 15) is 5.26 Å². The Balaban J connectivity index is 2.69. The SMILES string of the molecule is N#Cc1c(Cl)c(Cl)c(Nc2cc(Cl)cnc2Cl)c(C#N)c1Cl. The van der Waals surface area contributed by atoms with Crippen molar-refractivity contribution in [2.75, 3.05) is 5.32 Å². The van der Waals surface area contributed by atoms with Gasteiger partial charge in [0.15, 0.2) is 5.15 Å². The van der Waals surface area contributed by atoms with E-state index in [0.29, 0.717) is 10.7 Å². The van der Waals surface area contributed by atoms with Crippen LogP contribution in [0.15, 0.2) is 12.3 Å².